The first-order valence-corrected chi connectivity index (χ1v) is 11.2. The van der Waals surface area contributed by atoms with E-state index in [2.05, 4.69) is 0 Å². The fraction of sp³-hybridized carbons (Fsp3) is 0.591. The van der Waals surface area contributed by atoms with Crippen LogP contribution in [0, 0.1) is 0 Å². The highest BCUT2D eigenvalue weighted by molar-refractivity contribution is 8.03. The predicted octanol–water partition coefficient (Wildman–Crippen LogP) is 2.63. The van der Waals surface area contributed by atoms with E-state index in [0.29, 0.717) is 21.8 Å². The molecule has 6 atom stereocenters. The smallest absolute Gasteiger partial charge is 0.192 e. The fourth-order valence-electron chi connectivity index (χ4n) is 4.56. The number of thioether (sulfide) groups is 1. The molecule has 0 aromatic heterocycles. The third-order valence-electron chi connectivity index (χ3n) is 5.69. The highest BCUT2D eigenvalue weighted by atomic mass is 32.2. The van der Waals surface area contributed by atoms with Crippen molar-refractivity contribution in [1.82, 2.24) is 0 Å². The van der Waals surface area contributed by atoms with Gasteiger partial charge in [-0.25, -0.2) is 0 Å². The van der Waals surface area contributed by atoms with Crippen molar-refractivity contribution < 1.29 is 33.6 Å². The summed E-state index contributed by atoms with van der Waals surface area (Å²) in [6.07, 6.45) is -3.45. The minimum absolute atomic E-state index is 0.201. The van der Waals surface area contributed by atoms with Crippen LogP contribution in [0.15, 0.2) is 40.8 Å². The zero-order chi connectivity index (χ0) is 21.3. The first-order chi connectivity index (χ1) is 14.2. The molecule has 162 valence electrons. The van der Waals surface area contributed by atoms with Crippen LogP contribution >= 0.6 is 11.8 Å². The third-order valence-corrected chi connectivity index (χ3v) is 6.93. The Morgan fingerprint density at radius 2 is 1.60 bits per heavy atom. The van der Waals surface area contributed by atoms with E-state index in [-0.39, 0.29) is 5.78 Å². The Labute approximate surface area is 179 Å². The molecule has 3 fully saturated rings. The van der Waals surface area contributed by atoms with Crippen molar-refractivity contribution >= 4 is 17.5 Å². The summed E-state index contributed by atoms with van der Waals surface area (Å²) in [6.45, 7) is 7.35. The van der Waals surface area contributed by atoms with Crippen LogP contribution in [0.1, 0.15) is 38.1 Å². The van der Waals surface area contributed by atoms with Crippen LogP contribution in [0.3, 0.4) is 0 Å². The number of ether oxygens (including phenoxy) is 5. The van der Waals surface area contributed by atoms with Gasteiger partial charge in [0.25, 0.3) is 0 Å². The number of carbonyl (C=O) groups is 1. The molecule has 5 rings (SSSR count). The number of hydrogen-bond acceptors (Lipinski definition) is 8. The van der Waals surface area contributed by atoms with Gasteiger partial charge in [-0.1, -0.05) is 30.3 Å². The fourth-order valence-corrected chi connectivity index (χ4v) is 5.80. The summed E-state index contributed by atoms with van der Waals surface area (Å²) in [7, 11) is 0. The molecule has 7 nitrogen and oxygen atoms in total. The van der Waals surface area contributed by atoms with Crippen molar-refractivity contribution in [3.05, 3.63) is 46.4 Å². The largest absolute Gasteiger partial charge is 0.387 e. The molecule has 1 aromatic rings. The third kappa shape index (κ3) is 3.44. The number of aliphatic hydroxyl groups excluding tert-OH is 1. The van der Waals surface area contributed by atoms with Gasteiger partial charge in [-0.3, -0.25) is 4.79 Å². The summed E-state index contributed by atoms with van der Waals surface area (Å²) in [5.74, 6) is -1.45. The number of Topliss-reactive ketones (excluding diaryl/α,β-unsaturated/α-hetero) is 1. The van der Waals surface area contributed by atoms with Gasteiger partial charge in [-0.05, 0) is 27.7 Å². The Morgan fingerprint density at radius 1 is 0.967 bits per heavy atom. The van der Waals surface area contributed by atoms with Gasteiger partial charge < -0.3 is 28.8 Å². The average molecular weight is 435 g/mol. The summed E-state index contributed by atoms with van der Waals surface area (Å²) in [5, 5.41) is 10.7. The molecule has 0 bridgehead atoms. The van der Waals surface area contributed by atoms with Gasteiger partial charge in [0.15, 0.2) is 23.6 Å². The Kier molecular flexibility index (Phi) is 4.90. The number of carbonyl (C=O) groups excluding carboxylic acids is 1. The Bertz CT molecular complexity index is 881. The predicted molar refractivity (Wildman–Crippen MR) is 109 cm³/mol. The molecule has 30 heavy (non-hydrogen) atoms. The number of aliphatic hydroxyl groups is 1. The summed E-state index contributed by atoms with van der Waals surface area (Å²) in [4.78, 5) is 13.9. The molecule has 4 aliphatic rings. The lowest BCUT2D eigenvalue weighted by Gasteiger charge is -2.38. The SMILES string of the molecule is CC1(C)OC2C3OC(C)(C)O[C@H]3C(C3=C(C(=O)c4ccccc4)C(O)CS3)O[C@@H]2O1. The van der Waals surface area contributed by atoms with E-state index >= 15 is 0 Å². The Hall–Kier alpha value is -1.26. The summed E-state index contributed by atoms with van der Waals surface area (Å²) in [5.41, 5.74) is 0.891. The van der Waals surface area contributed by atoms with E-state index in [1.54, 1.807) is 12.1 Å². The zero-order valence-electron chi connectivity index (χ0n) is 17.4. The lowest BCUT2D eigenvalue weighted by molar-refractivity contribution is -0.223. The molecule has 3 saturated heterocycles. The van der Waals surface area contributed by atoms with E-state index in [1.807, 2.05) is 45.9 Å². The van der Waals surface area contributed by atoms with Crippen LogP contribution in [0.25, 0.3) is 0 Å². The maximum Gasteiger partial charge on any atom is 0.192 e. The van der Waals surface area contributed by atoms with Crippen LogP contribution in [0.4, 0.5) is 0 Å². The van der Waals surface area contributed by atoms with Gasteiger partial charge in [-0.2, -0.15) is 0 Å². The van der Waals surface area contributed by atoms with Gasteiger partial charge in [0.05, 0.1) is 6.10 Å². The van der Waals surface area contributed by atoms with E-state index in [1.165, 1.54) is 11.8 Å². The molecule has 0 spiro atoms. The standard InChI is InChI=1S/C22H26O7S/c1-21(2)26-15-16(27-21)18-20(29-22(3,4)28-18)25-17(15)19-13(12(23)10-30-19)14(24)11-8-6-5-7-9-11/h5-9,12,15-18,20,23H,10H2,1-4H3/t12?,15-,16?,17?,18?,20-/m1/s1. The lowest BCUT2D eigenvalue weighted by atomic mass is 9.93. The summed E-state index contributed by atoms with van der Waals surface area (Å²) >= 11 is 1.42. The van der Waals surface area contributed by atoms with Crippen LogP contribution in [-0.4, -0.2) is 65.0 Å². The molecule has 0 saturated carbocycles. The highest BCUT2D eigenvalue weighted by Crippen LogP contribution is 2.49. The summed E-state index contributed by atoms with van der Waals surface area (Å²) < 4.78 is 30.7. The second-order valence-electron chi connectivity index (χ2n) is 8.89. The van der Waals surface area contributed by atoms with Crippen LogP contribution in [0.2, 0.25) is 0 Å². The maximum atomic E-state index is 13.2. The molecule has 4 heterocycles. The van der Waals surface area contributed by atoms with Crippen LogP contribution < -0.4 is 0 Å². The normalized spacial score (nSPS) is 39.1. The second kappa shape index (κ2) is 7.13. The summed E-state index contributed by atoms with van der Waals surface area (Å²) in [6, 6.07) is 8.96. The Balaban J connectivity index is 1.54. The molecule has 0 amide bonds. The average Bonchev–Trinajstić information content (AvgIpc) is 3.32. The number of fused-ring (bicyclic) bond motifs is 3. The number of hydrogen-bond donors (Lipinski definition) is 1. The first-order valence-electron chi connectivity index (χ1n) is 10.2. The highest BCUT2D eigenvalue weighted by Gasteiger charge is 2.62. The van der Waals surface area contributed by atoms with E-state index in [4.69, 9.17) is 23.7 Å². The molecular formula is C22H26O7S. The van der Waals surface area contributed by atoms with Gasteiger partial charge in [-0.15, -0.1) is 11.8 Å². The molecule has 0 aliphatic carbocycles. The van der Waals surface area contributed by atoms with Gasteiger partial charge >= 0.3 is 0 Å². The molecular weight excluding hydrogens is 408 g/mol. The van der Waals surface area contributed by atoms with Crippen LogP contribution in [-0.2, 0) is 23.7 Å². The maximum absolute atomic E-state index is 13.2. The lowest BCUT2D eigenvalue weighted by Crippen LogP contribution is -2.55. The van der Waals surface area contributed by atoms with Crippen molar-refractivity contribution in [1.29, 1.82) is 0 Å². The topological polar surface area (TPSA) is 83.5 Å². The molecule has 1 N–H and O–H groups in total. The van der Waals surface area contributed by atoms with Crippen molar-refractivity contribution in [3.8, 4) is 0 Å². The van der Waals surface area contributed by atoms with Gasteiger partial charge in [0.1, 0.15) is 24.4 Å². The van der Waals surface area contributed by atoms with Crippen molar-refractivity contribution in [2.24, 2.45) is 0 Å². The molecule has 4 unspecified atom stereocenters. The number of benzene rings is 1. The monoisotopic (exact) mass is 434 g/mol. The van der Waals surface area contributed by atoms with Crippen LogP contribution in [0.5, 0.6) is 0 Å². The quantitative estimate of drug-likeness (QED) is 0.727. The van der Waals surface area contributed by atoms with E-state index in [0.717, 1.165) is 0 Å². The molecule has 4 aliphatic heterocycles. The minimum atomic E-state index is -0.870. The van der Waals surface area contributed by atoms with Gasteiger partial charge in [0, 0.05) is 21.8 Å². The minimum Gasteiger partial charge on any atom is -0.387 e. The van der Waals surface area contributed by atoms with Crippen molar-refractivity contribution in [2.45, 2.75) is 76.1 Å². The number of rotatable bonds is 3. The van der Waals surface area contributed by atoms with Gasteiger partial charge in [0.2, 0.25) is 0 Å². The second-order valence-corrected chi connectivity index (χ2v) is 9.95. The molecule has 8 heteroatoms. The first kappa shape index (κ1) is 20.6. The van der Waals surface area contributed by atoms with Crippen molar-refractivity contribution in [2.75, 3.05) is 5.75 Å². The molecule has 1 aromatic carbocycles. The van der Waals surface area contributed by atoms with Crippen molar-refractivity contribution in [3.63, 3.8) is 0 Å². The zero-order valence-corrected chi connectivity index (χ0v) is 18.2. The van der Waals surface area contributed by atoms with E-state index < -0.39 is 48.4 Å². The Morgan fingerprint density at radius 3 is 2.33 bits per heavy atom. The van der Waals surface area contributed by atoms with E-state index in [9.17, 15) is 9.90 Å². The number of ketones is 1. The molecule has 0 radical (unpaired) electrons.